The van der Waals surface area contributed by atoms with Gasteiger partial charge in [0.05, 0.1) is 16.3 Å². The quantitative estimate of drug-likeness (QED) is 0.124. The van der Waals surface area contributed by atoms with Gasteiger partial charge in [-0.15, -0.1) is 0 Å². The van der Waals surface area contributed by atoms with Crippen molar-refractivity contribution >= 4 is 60.7 Å². The highest BCUT2D eigenvalue weighted by Gasteiger charge is 2.09. The zero-order valence-corrected chi connectivity index (χ0v) is 20.9. The van der Waals surface area contributed by atoms with Gasteiger partial charge >= 0.3 is 5.97 Å². The van der Waals surface area contributed by atoms with Crippen LogP contribution in [-0.4, -0.2) is 24.7 Å². The molecule has 4 aromatic carbocycles. The summed E-state index contributed by atoms with van der Waals surface area (Å²) >= 11 is 6.86. The Morgan fingerprint density at radius 2 is 1.62 bits per heavy atom. The number of hydrazone groups is 1. The normalized spacial score (nSPS) is 10.9. The summed E-state index contributed by atoms with van der Waals surface area (Å²) in [5.74, 6) is 0.144. The monoisotopic (exact) mass is 580 g/mol. The Morgan fingerprint density at radius 3 is 2.38 bits per heavy atom. The predicted molar refractivity (Wildman–Crippen MR) is 138 cm³/mol. The molecular weight excluding hydrogens is 564 g/mol. The lowest BCUT2D eigenvalue weighted by Crippen LogP contribution is -2.24. The van der Waals surface area contributed by atoms with Crippen LogP contribution >= 0.6 is 31.9 Å². The van der Waals surface area contributed by atoms with Crippen LogP contribution in [0.1, 0.15) is 15.9 Å². The number of rotatable bonds is 7. The van der Waals surface area contributed by atoms with Crippen LogP contribution < -0.4 is 14.9 Å². The van der Waals surface area contributed by atoms with Crippen LogP contribution in [0, 0.1) is 0 Å². The van der Waals surface area contributed by atoms with E-state index in [-0.39, 0.29) is 6.61 Å². The first kappa shape index (κ1) is 23.7. The van der Waals surface area contributed by atoms with Gasteiger partial charge in [-0.3, -0.25) is 4.79 Å². The molecule has 1 amide bonds. The molecule has 0 radical (unpaired) electrons. The summed E-state index contributed by atoms with van der Waals surface area (Å²) in [6.07, 6.45) is 1.49. The van der Waals surface area contributed by atoms with Crippen LogP contribution in [0.25, 0.3) is 10.8 Å². The molecule has 0 aliphatic heterocycles. The maximum absolute atomic E-state index is 12.2. The van der Waals surface area contributed by atoms with Crippen molar-refractivity contribution in [3.8, 4) is 11.5 Å². The maximum Gasteiger partial charge on any atom is 0.343 e. The Bertz CT molecular complexity index is 1350. The number of nitrogens with zero attached hydrogens (tertiary/aromatic N) is 1. The molecule has 170 valence electrons. The van der Waals surface area contributed by atoms with E-state index in [1.807, 2.05) is 36.4 Å². The summed E-state index contributed by atoms with van der Waals surface area (Å²) in [4.78, 5) is 24.3. The zero-order chi connectivity index (χ0) is 23.9. The standard InChI is InChI=1S/C26H18Br2N2O4/c27-20-10-7-19(8-11-20)26(32)34-21-12-5-17(6-13-21)15-29-30-24(31)16-33-23-14-9-18-3-1-2-4-22(18)25(23)28/h1-15H,16H2,(H,30,31)/b29-15-. The molecule has 0 atom stereocenters. The molecule has 8 heteroatoms. The van der Waals surface area contributed by atoms with Gasteiger partial charge in [0.2, 0.25) is 0 Å². The SMILES string of the molecule is O=C(COc1ccc2ccccc2c1Br)N/N=C\c1ccc(OC(=O)c2ccc(Br)cc2)cc1. The van der Waals surface area contributed by atoms with Crippen molar-refractivity contribution in [2.24, 2.45) is 5.10 Å². The van der Waals surface area contributed by atoms with Gasteiger partial charge in [0.1, 0.15) is 11.5 Å². The first-order valence-electron chi connectivity index (χ1n) is 10.2. The number of carbonyl (C=O) groups is 2. The van der Waals surface area contributed by atoms with E-state index < -0.39 is 11.9 Å². The lowest BCUT2D eigenvalue weighted by Gasteiger charge is -2.09. The predicted octanol–water partition coefficient (Wildman–Crippen LogP) is 6.11. The van der Waals surface area contributed by atoms with Gasteiger partial charge in [0.15, 0.2) is 6.61 Å². The molecular formula is C26H18Br2N2O4. The smallest absolute Gasteiger partial charge is 0.343 e. The summed E-state index contributed by atoms with van der Waals surface area (Å²) in [5, 5.41) is 6.02. The van der Waals surface area contributed by atoms with E-state index in [0.717, 1.165) is 25.3 Å². The molecule has 0 aromatic heterocycles. The molecule has 0 spiro atoms. The van der Waals surface area contributed by atoms with Crippen LogP contribution in [0.2, 0.25) is 0 Å². The van der Waals surface area contributed by atoms with Crippen LogP contribution in [0.5, 0.6) is 11.5 Å². The molecule has 0 saturated carbocycles. The first-order chi connectivity index (χ1) is 16.5. The number of carbonyl (C=O) groups excluding carboxylic acids is 2. The number of amides is 1. The number of hydrogen-bond acceptors (Lipinski definition) is 5. The molecule has 4 aromatic rings. The van der Waals surface area contributed by atoms with Gasteiger partial charge in [-0.05, 0) is 86.9 Å². The molecule has 6 nitrogen and oxygen atoms in total. The fraction of sp³-hybridized carbons (Fsp3) is 0.0385. The number of hydrogen-bond donors (Lipinski definition) is 1. The van der Waals surface area contributed by atoms with Crippen LogP contribution in [-0.2, 0) is 4.79 Å². The molecule has 0 unspecified atom stereocenters. The van der Waals surface area contributed by atoms with Gasteiger partial charge in [0.25, 0.3) is 5.91 Å². The summed E-state index contributed by atoms with van der Waals surface area (Å²) < 4.78 is 12.7. The van der Waals surface area contributed by atoms with Crippen molar-refractivity contribution in [2.45, 2.75) is 0 Å². The number of nitrogens with one attached hydrogen (secondary N) is 1. The Balaban J connectivity index is 1.27. The van der Waals surface area contributed by atoms with Crippen LogP contribution in [0.3, 0.4) is 0 Å². The topological polar surface area (TPSA) is 77.0 Å². The third-order valence-electron chi connectivity index (χ3n) is 4.76. The zero-order valence-electron chi connectivity index (χ0n) is 17.7. The number of ether oxygens (including phenoxy) is 2. The van der Waals surface area contributed by atoms with Crippen molar-refractivity contribution < 1.29 is 19.1 Å². The van der Waals surface area contributed by atoms with E-state index in [9.17, 15) is 9.59 Å². The molecule has 0 bridgehead atoms. The van der Waals surface area contributed by atoms with E-state index in [0.29, 0.717) is 17.1 Å². The lowest BCUT2D eigenvalue weighted by atomic mass is 10.1. The van der Waals surface area contributed by atoms with E-state index in [1.54, 1.807) is 48.5 Å². The van der Waals surface area contributed by atoms with Crippen molar-refractivity contribution in [1.29, 1.82) is 0 Å². The largest absolute Gasteiger partial charge is 0.483 e. The lowest BCUT2D eigenvalue weighted by molar-refractivity contribution is -0.123. The summed E-state index contributed by atoms with van der Waals surface area (Å²) in [5.41, 5.74) is 3.61. The van der Waals surface area contributed by atoms with Crippen LogP contribution in [0.15, 0.2) is 99.0 Å². The average Bonchev–Trinajstić information content (AvgIpc) is 2.85. The highest BCUT2D eigenvalue weighted by atomic mass is 79.9. The number of benzene rings is 4. The molecule has 4 rings (SSSR count). The summed E-state index contributed by atoms with van der Waals surface area (Å²) in [6.45, 7) is -0.181. The minimum absolute atomic E-state index is 0.181. The third kappa shape index (κ3) is 6.09. The van der Waals surface area contributed by atoms with Gasteiger partial charge in [-0.25, -0.2) is 10.2 Å². The molecule has 1 N–H and O–H groups in total. The van der Waals surface area contributed by atoms with Gasteiger partial charge in [-0.1, -0.05) is 46.3 Å². The Morgan fingerprint density at radius 1 is 0.882 bits per heavy atom. The van der Waals surface area contributed by atoms with Gasteiger partial charge in [0, 0.05) is 4.47 Å². The second kappa shape index (κ2) is 11.1. The van der Waals surface area contributed by atoms with E-state index >= 15 is 0 Å². The highest BCUT2D eigenvalue weighted by Crippen LogP contribution is 2.32. The Hall–Kier alpha value is -3.49. The number of halogens is 2. The van der Waals surface area contributed by atoms with Crippen molar-refractivity contribution in [3.05, 3.63) is 105 Å². The second-order valence-electron chi connectivity index (χ2n) is 7.15. The minimum Gasteiger partial charge on any atom is -0.483 e. The van der Waals surface area contributed by atoms with Crippen molar-refractivity contribution in [2.75, 3.05) is 6.61 Å². The van der Waals surface area contributed by atoms with Gasteiger partial charge in [-0.2, -0.15) is 5.10 Å². The fourth-order valence-corrected chi connectivity index (χ4v) is 3.93. The highest BCUT2D eigenvalue weighted by molar-refractivity contribution is 9.11. The second-order valence-corrected chi connectivity index (χ2v) is 8.85. The Labute approximate surface area is 212 Å². The van der Waals surface area contributed by atoms with E-state index in [4.69, 9.17) is 9.47 Å². The van der Waals surface area contributed by atoms with Crippen LogP contribution in [0.4, 0.5) is 0 Å². The van der Waals surface area contributed by atoms with Gasteiger partial charge < -0.3 is 9.47 Å². The first-order valence-corrected chi connectivity index (χ1v) is 11.8. The van der Waals surface area contributed by atoms with E-state index in [2.05, 4.69) is 42.4 Å². The maximum atomic E-state index is 12.2. The van der Waals surface area contributed by atoms with E-state index in [1.165, 1.54) is 6.21 Å². The average molecular weight is 582 g/mol. The van der Waals surface area contributed by atoms with Crippen molar-refractivity contribution in [1.82, 2.24) is 5.43 Å². The third-order valence-corrected chi connectivity index (χ3v) is 6.11. The molecule has 0 fully saturated rings. The summed E-state index contributed by atoms with van der Waals surface area (Å²) in [6, 6.07) is 25.3. The molecule has 0 heterocycles. The number of esters is 1. The van der Waals surface area contributed by atoms with Crippen molar-refractivity contribution in [3.63, 3.8) is 0 Å². The number of fused-ring (bicyclic) bond motifs is 1. The molecule has 34 heavy (non-hydrogen) atoms. The molecule has 0 aliphatic carbocycles. The summed E-state index contributed by atoms with van der Waals surface area (Å²) in [7, 11) is 0. The molecule has 0 saturated heterocycles. The Kier molecular flexibility index (Phi) is 7.72. The molecule has 0 aliphatic rings. The fourth-order valence-electron chi connectivity index (χ4n) is 3.05. The minimum atomic E-state index is -0.445.